The smallest absolute Gasteiger partial charge is 0.550 e. The molecule has 0 radical (unpaired) electrons. The van der Waals surface area contributed by atoms with Crippen LogP contribution >= 0.6 is 0 Å². The van der Waals surface area contributed by atoms with Gasteiger partial charge in [-0.05, 0) is 56.9 Å². The van der Waals surface area contributed by atoms with Crippen LogP contribution in [0, 0.1) is 0 Å². The number of carboxylic acids is 2. The average Bonchev–Trinajstić information content (AvgIpc) is 2.86. The number of fused-ring (bicyclic) bond motifs is 2. The van der Waals surface area contributed by atoms with Crippen molar-refractivity contribution in [3.8, 4) is 11.5 Å². The number of carboxylic acid groups (broad SMARTS) is 2. The molecule has 7 heteroatoms. The third-order valence-electron chi connectivity index (χ3n) is 5.85. The summed E-state index contributed by atoms with van der Waals surface area (Å²) in [4.78, 5) is 21.6. The predicted molar refractivity (Wildman–Crippen MR) is 134 cm³/mol. The van der Waals surface area contributed by atoms with Crippen molar-refractivity contribution < 1.29 is 29.3 Å². The van der Waals surface area contributed by atoms with Crippen molar-refractivity contribution >= 4 is 71.2 Å². The van der Waals surface area contributed by atoms with Gasteiger partial charge < -0.3 is 29.3 Å². The molecule has 0 spiro atoms. The standard InChI is InChI=1S/2C14H14O3.Ca/c2*1-9(14(15)16)10-3-4-12-8-13(17-2)6-5-11(12)7-10;/h2*3-9H,1-2H3,(H,15,16);/q;;+2/p-2/t9-;;/m0../s1. The number of aliphatic carboxylic acids is 2. The molecule has 0 aliphatic heterocycles. The number of methoxy groups -OCH3 is 2. The Hall–Kier alpha value is -2.80. The van der Waals surface area contributed by atoms with Crippen LogP contribution in [0.4, 0.5) is 0 Å². The number of hydrogen-bond acceptors (Lipinski definition) is 6. The van der Waals surface area contributed by atoms with Gasteiger partial charge in [-0.1, -0.05) is 62.4 Å². The van der Waals surface area contributed by atoms with Gasteiger partial charge in [-0.2, -0.15) is 0 Å². The van der Waals surface area contributed by atoms with E-state index in [1.54, 1.807) is 28.1 Å². The Morgan fingerprint density at radius 1 is 0.600 bits per heavy atom. The molecule has 0 bridgehead atoms. The van der Waals surface area contributed by atoms with Crippen LogP contribution in [0.3, 0.4) is 0 Å². The molecule has 0 saturated heterocycles. The van der Waals surface area contributed by atoms with Crippen LogP contribution in [0.2, 0.25) is 0 Å². The predicted octanol–water partition coefficient (Wildman–Crippen LogP) is 3.02. The van der Waals surface area contributed by atoms with Crippen LogP contribution in [0.5, 0.6) is 11.5 Å². The zero-order chi connectivity index (χ0) is 24.8. The molecule has 4 aromatic carbocycles. The third-order valence-corrected chi connectivity index (χ3v) is 5.85. The molecule has 4 aromatic rings. The van der Waals surface area contributed by atoms with Crippen molar-refractivity contribution in [1.82, 2.24) is 0 Å². The molecular formula is C28H26CaO6. The first-order valence-corrected chi connectivity index (χ1v) is 10.8. The molecule has 0 saturated carbocycles. The second kappa shape index (κ2) is 12.8. The molecule has 35 heavy (non-hydrogen) atoms. The molecule has 4 rings (SSSR count). The molecule has 0 aliphatic carbocycles. The van der Waals surface area contributed by atoms with E-state index in [4.69, 9.17) is 9.47 Å². The molecule has 2 atom stereocenters. The van der Waals surface area contributed by atoms with E-state index in [0.29, 0.717) is 0 Å². The molecular weight excluding hydrogens is 472 g/mol. The van der Waals surface area contributed by atoms with Crippen molar-refractivity contribution in [2.75, 3.05) is 14.2 Å². The van der Waals surface area contributed by atoms with Gasteiger partial charge in [0, 0.05) is 23.8 Å². The SMILES string of the molecule is COc1ccc2cc(C(C)C(=O)[O-])ccc2c1.COc1ccc2cc([C@H](C)C(=O)[O-])ccc2c1.[Ca+2]. The summed E-state index contributed by atoms with van der Waals surface area (Å²) in [6, 6.07) is 22.5. The second-order valence-electron chi connectivity index (χ2n) is 8.03. The number of ether oxygens (including phenoxy) is 2. The van der Waals surface area contributed by atoms with Crippen molar-refractivity contribution in [3.05, 3.63) is 83.9 Å². The van der Waals surface area contributed by atoms with Gasteiger partial charge in [0.15, 0.2) is 0 Å². The maximum atomic E-state index is 10.8. The average molecular weight is 499 g/mol. The van der Waals surface area contributed by atoms with Crippen LogP contribution in [0.25, 0.3) is 21.5 Å². The monoisotopic (exact) mass is 498 g/mol. The first-order chi connectivity index (χ1) is 16.2. The largest absolute Gasteiger partial charge is 2.00 e. The third kappa shape index (κ3) is 7.10. The minimum Gasteiger partial charge on any atom is -0.550 e. The van der Waals surface area contributed by atoms with E-state index in [0.717, 1.165) is 44.2 Å². The molecule has 0 aromatic heterocycles. The maximum absolute atomic E-state index is 10.8. The molecule has 0 amide bonds. The van der Waals surface area contributed by atoms with E-state index in [1.165, 1.54) is 0 Å². The summed E-state index contributed by atoms with van der Waals surface area (Å²) in [6.45, 7) is 3.25. The zero-order valence-electron chi connectivity index (χ0n) is 20.2. The van der Waals surface area contributed by atoms with Gasteiger partial charge in [0.2, 0.25) is 0 Å². The van der Waals surface area contributed by atoms with Crippen molar-refractivity contribution in [3.63, 3.8) is 0 Å². The molecule has 0 heterocycles. The van der Waals surface area contributed by atoms with Gasteiger partial charge in [0.25, 0.3) is 0 Å². The van der Waals surface area contributed by atoms with Crippen molar-refractivity contribution in [2.24, 2.45) is 0 Å². The van der Waals surface area contributed by atoms with Gasteiger partial charge in [-0.15, -0.1) is 0 Å². The van der Waals surface area contributed by atoms with Crippen LogP contribution in [0.15, 0.2) is 72.8 Å². The van der Waals surface area contributed by atoms with Crippen LogP contribution < -0.4 is 19.7 Å². The fourth-order valence-corrected chi connectivity index (χ4v) is 3.55. The summed E-state index contributed by atoms with van der Waals surface area (Å²) in [7, 11) is 3.24. The fourth-order valence-electron chi connectivity index (χ4n) is 3.55. The fraction of sp³-hybridized carbons (Fsp3) is 0.214. The summed E-state index contributed by atoms with van der Waals surface area (Å²) >= 11 is 0. The normalized spacial score (nSPS) is 12.0. The minimum atomic E-state index is -1.06. The van der Waals surface area contributed by atoms with Gasteiger partial charge in [-0.25, -0.2) is 0 Å². The molecule has 1 unspecified atom stereocenters. The summed E-state index contributed by atoms with van der Waals surface area (Å²) < 4.78 is 10.3. The molecule has 176 valence electrons. The Bertz CT molecular complexity index is 1230. The molecule has 0 aliphatic rings. The Balaban J connectivity index is 0.000000240. The number of carbonyl (C=O) groups excluding carboxylic acids is 2. The zero-order valence-corrected chi connectivity index (χ0v) is 22.4. The Morgan fingerprint density at radius 3 is 1.23 bits per heavy atom. The van der Waals surface area contributed by atoms with Crippen LogP contribution in [-0.4, -0.2) is 63.9 Å². The number of carbonyl (C=O) groups is 2. The Kier molecular flexibility index (Phi) is 10.4. The summed E-state index contributed by atoms with van der Waals surface area (Å²) in [5.74, 6) is -1.73. The molecule has 0 N–H and O–H groups in total. The Morgan fingerprint density at radius 2 is 0.914 bits per heavy atom. The molecule has 0 fully saturated rings. The van der Waals surface area contributed by atoms with Crippen molar-refractivity contribution in [1.29, 1.82) is 0 Å². The van der Waals surface area contributed by atoms with Crippen molar-refractivity contribution in [2.45, 2.75) is 25.7 Å². The first kappa shape index (κ1) is 28.4. The minimum absolute atomic E-state index is 0. The number of benzene rings is 4. The second-order valence-corrected chi connectivity index (χ2v) is 8.03. The van der Waals surface area contributed by atoms with E-state index in [1.807, 2.05) is 72.8 Å². The maximum Gasteiger partial charge on any atom is 2.00 e. The van der Waals surface area contributed by atoms with Crippen LogP contribution in [0.1, 0.15) is 36.8 Å². The van der Waals surface area contributed by atoms with Gasteiger partial charge >= 0.3 is 37.7 Å². The first-order valence-electron chi connectivity index (χ1n) is 10.8. The Labute approximate surface area is 234 Å². The van der Waals surface area contributed by atoms with Gasteiger partial charge in [0.05, 0.1) is 14.2 Å². The van der Waals surface area contributed by atoms with Crippen LogP contribution in [-0.2, 0) is 9.59 Å². The van der Waals surface area contributed by atoms with E-state index >= 15 is 0 Å². The summed E-state index contributed by atoms with van der Waals surface area (Å²) in [5.41, 5.74) is 1.50. The van der Waals surface area contributed by atoms with E-state index in [2.05, 4.69) is 0 Å². The summed E-state index contributed by atoms with van der Waals surface area (Å²) in [6.07, 6.45) is 0. The quantitative estimate of drug-likeness (QED) is 0.379. The molecule has 6 nitrogen and oxygen atoms in total. The topological polar surface area (TPSA) is 98.7 Å². The number of rotatable bonds is 6. The number of hydrogen-bond donors (Lipinski definition) is 0. The van der Waals surface area contributed by atoms with E-state index < -0.39 is 23.8 Å². The van der Waals surface area contributed by atoms with E-state index in [9.17, 15) is 19.8 Å². The van der Waals surface area contributed by atoms with Gasteiger partial charge in [-0.3, -0.25) is 0 Å². The van der Waals surface area contributed by atoms with E-state index in [-0.39, 0.29) is 37.7 Å². The summed E-state index contributed by atoms with van der Waals surface area (Å²) in [5, 5.41) is 25.7. The van der Waals surface area contributed by atoms with Gasteiger partial charge in [0.1, 0.15) is 11.5 Å².